The van der Waals surface area contributed by atoms with Crippen molar-refractivity contribution in [1.29, 1.82) is 0 Å². The lowest BCUT2D eigenvalue weighted by atomic mass is 10.0. The van der Waals surface area contributed by atoms with Gasteiger partial charge in [0.15, 0.2) is 0 Å². The predicted octanol–water partition coefficient (Wildman–Crippen LogP) is 4.87. The van der Waals surface area contributed by atoms with Gasteiger partial charge in [0.25, 0.3) is 0 Å². The molecule has 20 heavy (non-hydrogen) atoms. The highest BCUT2D eigenvalue weighted by atomic mass is 32.2. The highest BCUT2D eigenvalue weighted by Crippen LogP contribution is 2.27. The van der Waals surface area contributed by atoms with Gasteiger partial charge < -0.3 is 10.1 Å². The van der Waals surface area contributed by atoms with Crippen molar-refractivity contribution in [2.75, 3.05) is 13.3 Å². The zero-order valence-corrected chi connectivity index (χ0v) is 13.0. The molecule has 2 aromatic rings. The van der Waals surface area contributed by atoms with E-state index in [-0.39, 0.29) is 0 Å². The van der Waals surface area contributed by atoms with Crippen LogP contribution in [0.3, 0.4) is 0 Å². The van der Waals surface area contributed by atoms with Gasteiger partial charge in [0.1, 0.15) is 11.5 Å². The van der Waals surface area contributed by atoms with Gasteiger partial charge in [-0.25, -0.2) is 0 Å². The molecule has 0 bridgehead atoms. The van der Waals surface area contributed by atoms with E-state index in [0.717, 1.165) is 17.9 Å². The quantitative estimate of drug-likeness (QED) is 0.766. The maximum absolute atomic E-state index is 5.92. The Morgan fingerprint density at radius 2 is 1.85 bits per heavy atom. The SMILES string of the molecule is CCC(NC)c1cccc(Oc2ccc(SC)cc2)c1. The van der Waals surface area contributed by atoms with E-state index >= 15 is 0 Å². The summed E-state index contributed by atoms with van der Waals surface area (Å²) in [7, 11) is 1.99. The molecule has 0 amide bonds. The molecule has 0 aliphatic heterocycles. The molecule has 3 heteroatoms. The number of hydrogen-bond acceptors (Lipinski definition) is 3. The Morgan fingerprint density at radius 3 is 2.45 bits per heavy atom. The molecule has 0 aliphatic carbocycles. The Balaban J connectivity index is 2.14. The lowest BCUT2D eigenvalue weighted by molar-refractivity contribution is 0.479. The van der Waals surface area contributed by atoms with Crippen LogP contribution in [-0.4, -0.2) is 13.3 Å². The number of benzene rings is 2. The van der Waals surface area contributed by atoms with Gasteiger partial charge in [-0.05, 0) is 61.7 Å². The second-order valence-electron chi connectivity index (χ2n) is 4.60. The molecule has 1 atom stereocenters. The van der Waals surface area contributed by atoms with Gasteiger partial charge in [0.05, 0.1) is 0 Å². The van der Waals surface area contributed by atoms with Crippen molar-refractivity contribution >= 4 is 11.8 Å². The van der Waals surface area contributed by atoms with Gasteiger partial charge in [0.2, 0.25) is 0 Å². The van der Waals surface area contributed by atoms with E-state index in [0.29, 0.717) is 6.04 Å². The molecule has 106 valence electrons. The standard InChI is InChI=1S/C17H21NOS/c1-4-17(18-2)13-6-5-7-15(12-13)19-14-8-10-16(20-3)11-9-14/h5-12,17-18H,4H2,1-3H3. The van der Waals surface area contributed by atoms with Gasteiger partial charge in [-0.2, -0.15) is 0 Å². The van der Waals surface area contributed by atoms with Gasteiger partial charge in [-0.3, -0.25) is 0 Å². The molecule has 1 unspecified atom stereocenters. The molecule has 0 spiro atoms. The maximum Gasteiger partial charge on any atom is 0.127 e. The highest BCUT2D eigenvalue weighted by molar-refractivity contribution is 7.98. The Bertz CT molecular complexity index is 535. The number of ether oxygens (including phenoxy) is 1. The van der Waals surface area contributed by atoms with E-state index in [4.69, 9.17) is 4.74 Å². The summed E-state index contributed by atoms with van der Waals surface area (Å²) in [6.07, 6.45) is 3.13. The zero-order valence-electron chi connectivity index (χ0n) is 12.2. The second kappa shape index (κ2) is 7.36. The van der Waals surface area contributed by atoms with Crippen LogP contribution in [0.25, 0.3) is 0 Å². The van der Waals surface area contributed by atoms with Crippen LogP contribution in [0, 0.1) is 0 Å². The fourth-order valence-corrected chi connectivity index (χ4v) is 2.59. The van der Waals surface area contributed by atoms with Gasteiger partial charge >= 0.3 is 0 Å². The van der Waals surface area contributed by atoms with Gasteiger partial charge in [0, 0.05) is 10.9 Å². The average Bonchev–Trinajstić information content (AvgIpc) is 2.50. The summed E-state index contributed by atoms with van der Waals surface area (Å²) < 4.78 is 5.92. The first-order valence-corrected chi connectivity index (χ1v) is 8.08. The Kier molecular flexibility index (Phi) is 5.50. The molecule has 0 aromatic heterocycles. The Hall–Kier alpha value is -1.45. The molecule has 1 N–H and O–H groups in total. The molecular weight excluding hydrogens is 266 g/mol. The molecule has 0 radical (unpaired) electrons. The number of rotatable bonds is 6. The second-order valence-corrected chi connectivity index (χ2v) is 5.48. The third-order valence-electron chi connectivity index (χ3n) is 3.31. The number of thioether (sulfide) groups is 1. The van der Waals surface area contributed by atoms with Crippen LogP contribution in [0.5, 0.6) is 11.5 Å². The third kappa shape index (κ3) is 3.78. The topological polar surface area (TPSA) is 21.3 Å². The van der Waals surface area contributed by atoms with Crippen molar-refractivity contribution in [3.63, 3.8) is 0 Å². The van der Waals surface area contributed by atoms with E-state index < -0.39 is 0 Å². The van der Waals surface area contributed by atoms with E-state index in [9.17, 15) is 0 Å². The van der Waals surface area contributed by atoms with E-state index in [1.165, 1.54) is 10.5 Å². The minimum absolute atomic E-state index is 0.373. The van der Waals surface area contributed by atoms with Crippen molar-refractivity contribution in [1.82, 2.24) is 5.32 Å². The van der Waals surface area contributed by atoms with Crippen LogP contribution in [0.15, 0.2) is 53.4 Å². The summed E-state index contributed by atoms with van der Waals surface area (Å²) >= 11 is 1.73. The Labute approximate surface area is 125 Å². The normalized spacial score (nSPS) is 12.2. The van der Waals surface area contributed by atoms with Crippen molar-refractivity contribution in [2.45, 2.75) is 24.3 Å². The summed E-state index contributed by atoms with van der Waals surface area (Å²) in [6, 6.07) is 16.8. The maximum atomic E-state index is 5.92. The smallest absolute Gasteiger partial charge is 0.127 e. The Morgan fingerprint density at radius 1 is 1.10 bits per heavy atom. The molecule has 2 rings (SSSR count). The van der Waals surface area contributed by atoms with Crippen LogP contribution in [-0.2, 0) is 0 Å². The largest absolute Gasteiger partial charge is 0.457 e. The van der Waals surface area contributed by atoms with Crippen LogP contribution in [0.4, 0.5) is 0 Å². The molecule has 0 fully saturated rings. The molecule has 0 saturated carbocycles. The van der Waals surface area contributed by atoms with E-state index in [1.54, 1.807) is 11.8 Å². The van der Waals surface area contributed by atoms with E-state index in [2.05, 4.69) is 42.8 Å². The summed E-state index contributed by atoms with van der Waals surface area (Å²) in [5.74, 6) is 1.76. The van der Waals surface area contributed by atoms with Gasteiger partial charge in [-0.15, -0.1) is 11.8 Å². The minimum atomic E-state index is 0.373. The van der Waals surface area contributed by atoms with Crippen LogP contribution < -0.4 is 10.1 Å². The van der Waals surface area contributed by atoms with Crippen LogP contribution in [0.1, 0.15) is 24.9 Å². The molecular formula is C17H21NOS. The lowest BCUT2D eigenvalue weighted by Gasteiger charge is -2.15. The first kappa shape index (κ1) is 14.9. The summed E-state index contributed by atoms with van der Waals surface area (Å²) in [6.45, 7) is 2.18. The fraction of sp³-hybridized carbons (Fsp3) is 0.294. The molecule has 0 saturated heterocycles. The van der Waals surface area contributed by atoms with Crippen molar-refractivity contribution in [3.05, 3.63) is 54.1 Å². The van der Waals surface area contributed by atoms with Crippen molar-refractivity contribution in [2.24, 2.45) is 0 Å². The number of nitrogens with one attached hydrogen (secondary N) is 1. The summed E-state index contributed by atoms with van der Waals surface area (Å²) in [5.41, 5.74) is 1.26. The van der Waals surface area contributed by atoms with Crippen molar-refractivity contribution < 1.29 is 4.74 Å². The minimum Gasteiger partial charge on any atom is -0.457 e. The monoisotopic (exact) mass is 287 g/mol. The fourth-order valence-electron chi connectivity index (χ4n) is 2.18. The number of hydrogen-bond donors (Lipinski definition) is 1. The molecule has 0 aliphatic rings. The first-order chi connectivity index (χ1) is 9.76. The third-order valence-corrected chi connectivity index (χ3v) is 4.06. The summed E-state index contributed by atoms with van der Waals surface area (Å²) in [4.78, 5) is 1.24. The molecule has 0 heterocycles. The van der Waals surface area contributed by atoms with E-state index in [1.807, 2.05) is 31.3 Å². The molecule has 2 nitrogen and oxygen atoms in total. The first-order valence-electron chi connectivity index (χ1n) is 6.86. The highest BCUT2D eigenvalue weighted by Gasteiger charge is 2.07. The van der Waals surface area contributed by atoms with Gasteiger partial charge in [-0.1, -0.05) is 19.1 Å². The molecule has 2 aromatic carbocycles. The van der Waals surface area contributed by atoms with Crippen molar-refractivity contribution in [3.8, 4) is 11.5 Å². The predicted molar refractivity (Wildman–Crippen MR) is 86.8 cm³/mol. The van der Waals surface area contributed by atoms with Crippen LogP contribution >= 0.6 is 11.8 Å². The lowest BCUT2D eigenvalue weighted by Crippen LogP contribution is -2.14. The average molecular weight is 287 g/mol. The van der Waals surface area contributed by atoms with Crippen LogP contribution in [0.2, 0.25) is 0 Å². The zero-order chi connectivity index (χ0) is 14.4. The summed E-state index contributed by atoms with van der Waals surface area (Å²) in [5, 5.41) is 3.32.